The number of halogens is 2. The Morgan fingerprint density at radius 2 is 1.89 bits per heavy atom. The second kappa shape index (κ2) is 9.23. The Morgan fingerprint density at radius 1 is 1.09 bits per heavy atom. The van der Waals surface area contributed by atoms with Gasteiger partial charge in [-0.3, -0.25) is 0 Å². The summed E-state index contributed by atoms with van der Waals surface area (Å²) in [6.07, 6.45) is 3.22. The molecule has 1 fully saturated rings. The molecule has 0 amide bonds. The monoisotopic (exact) mass is 481 g/mol. The van der Waals surface area contributed by atoms with Crippen molar-refractivity contribution in [2.45, 2.75) is 39.7 Å². The van der Waals surface area contributed by atoms with Gasteiger partial charge in [0.25, 0.3) is 0 Å². The zero-order chi connectivity index (χ0) is 24.7. The number of fused-ring (bicyclic) bond motifs is 1. The van der Waals surface area contributed by atoms with Crippen LogP contribution in [-0.4, -0.2) is 56.0 Å². The molecule has 3 aromatic heterocycles. The Balaban J connectivity index is 1.59. The van der Waals surface area contributed by atoms with Gasteiger partial charge >= 0.3 is 0 Å². The fraction of sp³-hybridized carbons (Fsp3) is 0.375. The Labute approximate surface area is 200 Å². The van der Waals surface area contributed by atoms with Crippen LogP contribution in [0.1, 0.15) is 30.0 Å². The van der Waals surface area contributed by atoms with Crippen LogP contribution in [0.25, 0.3) is 22.4 Å². The summed E-state index contributed by atoms with van der Waals surface area (Å²) >= 11 is 0. The van der Waals surface area contributed by atoms with Crippen molar-refractivity contribution in [2.75, 3.05) is 25.1 Å². The molecule has 35 heavy (non-hydrogen) atoms. The molecule has 0 spiro atoms. The molecule has 1 aliphatic rings. The molecule has 0 aliphatic carbocycles. The van der Waals surface area contributed by atoms with E-state index < -0.39 is 11.6 Å². The third-order valence-electron chi connectivity index (χ3n) is 5.95. The second-order valence-corrected chi connectivity index (χ2v) is 8.63. The molecule has 5 rings (SSSR count). The molecule has 11 heteroatoms. The van der Waals surface area contributed by atoms with E-state index in [1.165, 1.54) is 12.1 Å². The summed E-state index contributed by atoms with van der Waals surface area (Å²) in [4.78, 5) is 20.5. The Hall–Kier alpha value is -3.57. The van der Waals surface area contributed by atoms with E-state index in [9.17, 15) is 8.78 Å². The van der Waals surface area contributed by atoms with Gasteiger partial charge < -0.3 is 14.4 Å². The van der Waals surface area contributed by atoms with Gasteiger partial charge in [0.15, 0.2) is 5.65 Å². The van der Waals surface area contributed by atoms with Crippen LogP contribution >= 0.6 is 0 Å². The Kier molecular flexibility index (Phi) is 6.12. The number of methoxy groups -OCH3 is 1. The zero-order valence-electron chi connectivity index (χ0n) is 19.9. The number of aryl methyl sites for hydroxylation is 2. The van der Waals surface area contributed by atoms with Gasteiger partial charge in [0.05, 0.1) is 30.2 Å². The predicted molar refractivity (Wildman–Crippen MR) is 125 cm³/mol. The SMILES string of the molecule is COCn1cc([C@H]2CN(c3nc(-c4ccc(F)cc4F)c4nc(C)c(C)nc4n3)C[C@H](C)O2)cn1. The third-order valence-corrected chi connectivity index (χ3v) is 5.95. The van der Waals surface area contributed by atoms with E-state index in [1.54, 1.807) is 18.0 Å². The van der Waals surface area contributed by atoms with E-state index in [1.807, 2.05) is 31.9 Å². The highest BCUT2D eigenvalue weighted by Crippen LogP contribution is 2.32. The van der Waals surface area contributed by atoms with Crippen molar-refractivity contribution in [1.29, 1.82) is 0 Å². The molecule has 182 valence electrons. The molecule has 1 aromatic carbocycles. The van der Waals surface area contributed by atoms with Crippen LogP contribution in [0.5, 0.6) is 0 Å². The lowest BCUT2D eigenvalue weighted by atomic mass is 10.1. The lowest BCUT2D eigenvalue weighted by molar-refractivity contribution is -0.0179. The molecule has 4 heterocycles. The van der Waals surface area contributed by atoms with Gasteiger partial charge in [0.1, 0.15) is 35.7 Å². The molecular formula is C24H25F2N7O2. The molecule has 2 atom stereocenters. The number of rotatable bonds is 5. The van der Waals surface area contributed by atoms with E-state index in [4.69, 9.17) is 14.5 Å². The fourth-order valence-electron chi connectivity index (χ4n) is 4.16. The van der Waals surface area contributed by atoms with Gasteiger partial charge in [-0.05, 0) is 32.9 Å². The van der Waals surface area contributed by atoms with Crippen LogP contribution in [0.4, 0.5) is 14.7 Å². The first-order valence-corrected chi connectivity index (χ1v) is 11.2. The van der Waals surface area contributed by atoms with Crippen molar-refractivity contribution in [3.05, 3.63) is 59.2 Å². The third kappa shape index (κ3) is 4.56. The number of benzene rings is 1. The molecule has 0 N–H and O–H groups in total. The first-order valence-electron chi connectivity index (χ1n) is 11.2. The zero-order valence-corrected chi connectivity index (χ0v) is 19.9. The van der Waals surface area contributed by atoms with E-state index in [2.05, 4.69) is 20.1 Å². The van der Waals surface area contributed by atoms with Gasteiger partial charge in [-0.25, -0.2) is 28.4 Å². The number of hydrogen-bond acceptors (Lipinski definition) is 8. The van der Waals surface area contributed by atoms with Gasteiger partial charge in [-0.15, -0.1) is 0 Å². The largest absolute Gasteiger partial charge is 0.367 e. The van der Waals surface area contributed by atoms with Gasteiger partial charge in [-0.1, -0.05) is 0 Å². The van der Waals surface area contributed by atoms with Crippen LogP contribution < -0.4 is 4.90 Å². The van der Waals surface area contributed by atoms with Gasteiger partial charge in [0, 0.05) is 37.0 Å². The molecule has 1 saturated heterocycles. The van der Waals surface area contributed by atoms with Crippen LogP contribution in [0.15, 0.2) is 30.6 Å². The minimum atomic E-state index is -0.727. The Morgan fingerprint density at radius 3 is 2.66 bits per heavy atom. The summed E-state index contributed by atoms with van der Waals surface area (Å²) < 4.78 is 41.4. The van der Waals surface area contributed by atoms with Crippen molar-refractivity contribution >= 4 is 17.1 Å². The molecule has 0 bridgehead atoms. The highest BCUT2D eigenvalue weighted by atomic mass is 19.1. The summed E-state index contributed by atoms with van der Waals surface area (Å²) in [7, 11) is 1.60. The number of anilines is 1. The normalized spacial score (nSPS) is 18.4. The number of nitrogens with zero attached hydrogens (tertiary/aromatic N) is 7. The average molecular weight is 482 g/mol. The fourth-order valence-corrected chi connectivity index (χ4v) is 4.16. The lowest BCUT2D eigenvalue weighted by Crippen LogP contribution is -2.43. The maximum Gasteiger partial charge on any atom is 0.228 e. The maximum atomic E-state index is 14.8. The van der Waals surface area contributed by atoms with E-state index in [0.29, 0.717) is 48.3 Å². The standard InChI is InChI=1S/C24H25F2N7O2/c1-13-9-32(11-20(35-13)16-8-27-33(10-16)12-34-4)24-30-21(18-6-5-17(25)7-19(18)26)22-23(31-24)29-15(3)14(2)28-22/h5-8,10,13,20H,9,11-12H2,1-4H3/t13-,20+/m0/s1. The average Bonchev–Trinajstić information content (AvgIpc) is 3.28. The van der Waals surface area contributed by atoms with Crippen molar-refractivity contribution in [2.24, 2.45) is 0 Å². The van der Waals surface area contributed by atoms with E-state index in [0.717, 1.165) is 11.6 Å². The summed E-state index contributed by atoms with van der Waals surface area (Å²) in [5.41, 5.74) is 3.41. The molecule has 0 unspecified atom stereocenters. The summed E-state index contributed by atoms with van der Waals surface area (Å²) in [6.45, 7) is 6.94. The highest BCUT2D eigenvalue weighted by Gasteiger charge is 2.30. The maximum absolute atomic E-state index is 14.8. The van der Waals surface area contributed by atoms with Crippen molar-refractivity contribution < 1.29 is 18.3 Å². The molecule has 0 radical (unpaired) electrons. The van der Waals surface area contributed by atoms with Crippen LogP contribution in [0.3, 0.4) is 0 Å². The second-order valence-electron chi connectivity index (χ2n) is 8.63. The molecule has 0 saturated carbocycles. The van der Waals surface area contributed by atoms with Crippen LogP contribution in [0.2, 0.25) is 0 Å². The van der Waals surface area contributed by atoms with E-state index in [-0.39, 0.29) is 23.5 Å². The number of ether oxygens (including phenoxy) is 2. The number of hydrogen-bond donors (Lipinski definition) is 0. The number of aromatic nitrogens is 6. The van der Waals surface area contributed by atoms with Crippen LogP contribution in [-0.2, 0) is 16.2 Å². The summed E-state index contributed by atoms with van der Waals surface area (Å²) in [6, 6.07) is 3.40. The van der Waals surface area contributed by atoms with Gasteiger partial charge in [-0.2, -0.15) is 10.1 Å². The summed E-state index contributed by atoms with van der Waals surface area (Å²) in [5.74, 6) is -1.02. The summed E-state index contributed by atoms with van der Waals surface area (Å²) in [5, 5.41) is 4.30. The first-order chi connectivity index (χ1) is 16.8. The van der Waals surface area contributed by atoms with Crippen molar-refractivity contribution in [3.63, 3.8) is 0 Å². The topological polar surface area (TPSA) is 91.1 Å². The van der Waals surface area contributed by atoms with E-state index >= 15 is 0 Å². The predicted octanol–water partition coefficient (Wildman–Crippen LogP) is 3.75. The van der Waals surface area contributed by atoms with Gasteiger partial charge in [0.2, 0.25) is 5.95 Å². The first kappa shape index (κ1) is 23.2. The molecular weight excluding hydrogens is 456 g/mol. The minimum absolute atomic E-state index is 0.129. The smallest absolute Gasteiger partial charge is 0.228 e. The molecule has 9 nitrogen and oxygen atoms in total. The van der Waals surface area contributed by atoms with Crippen LogP contribution in [0, 0.1) is 25.5 Å². The van der Waals surface area contributed by atoms with Crippen molar-refractivity contribution in [3.8, 4) is 11.3 Å². The quantitative estimate of drug-likeness (QED) is 0.426. The molecule has 1 aliphatic heterocycles. The number of morpholine rings is 1. The highest BCUT2D eigenvalue weighted by molar-refractivity contribution is 5.88. The minimum Gasteiger partial charge on any atom is -0.367 e. The Bertz CT molecular complexity index is 1390. The van der Waals surface area contributed by atoms with Crippen molar-refractivity contribution in [1.82, 2.24) is 29.7 Å². The lowest BCUT2D eigenvalue weighted by Gasteiger charge is -2.36. The molecule has 4 aromatic rings.